The van der Waals surface area contributed by atoms with E-state index in [9.17, 15) is 0 Å². The van der Waals surface area contributed by atoms with Crippen LogP contribution < -0.4 is 10.6 Å². The van der Waals surface area contributed by atoms with Crippen LogP contribution in [0.25, 0.3) is 0 Å². The third-order valence-electron chi connectivity index (χ3n) is 4.72. The van der Waals surface area contributed by atoms with Gasteiger partial charge >= 0.3 is 0 Å². The number of aliphatic imine (C=N–C) groups is 1. The number of aromatic nitrogens is 2. The van der Waals surface area contributed by atoms with Crippen molar-refractivity contribution < 1.29 is 0 Å². The molecule has 1 aliphatic rings. The number of imidazole rings is 1. The number of benzene rings is 1. The minimum Gasteiger partial charge on any atom is -0.356 e. The van der Waals surface area contributed by atoms with Gasteiger partial charge in [-0.15, -0.1) is 0 Å². The molecular formula is C21H29N5. The number of nitrogens with zero attached hydrogens (tertiary/aromatic N) is 3. The Labute approximate surface area is 156 Å². The first kappa shape index (κ1) is 18.2. The van der Waals surface area contributed by atoms with Crippen LogP contribution in [0.3, 0.4) is 0 Å². The van der Waals surface area contributed by atoms with Gasteiger partial charge in [0.1, 0.15) is 0 Å². The van der Waals surface area contributed by atoms with E-state index in [0.29, 0.717) is 0 Å². The molecule has 1 aromatic heterocycles. The fourth-order valence-electron chi connectivity index (χ4n) is 3.31. The third kappa shape index (κ3) is 5.76. The summed E-state index contributed by atoms with van der Waals surface area (Å²) in [6.07, 6.45) is 14.4. The van der Waals surface area contributed by atoms with Crippen LogP contribution in [0.1, 0.15) is 43.2 Å². The molecule has 3 rings (SSSR count). The summed E-state index contributed by atoms with van der Waals surface area (Å²) in [6, 6.07) is 8.63. The van der Waals surface area contributed by atoms with Crippen molar-refractivity contribution in [1.82, 2.24) is 20.2 Å². The zero-order chi connectivity index (χ0) is 18.0. The van der Waals surface area contributed by atoms with Crippen molar-refractivity contribution >= 4 is 5.96 Å². The van der Waals surface area contributed by atoms with E-state index in [0.717, 1.165) is 32.0 Å². The Hall–Kier alpha value is -2.56. The molecule has 0 aliphatic heterocycles. The summed E-state index contributed by atoms with van der Waals surface area (Å²) >= 11 is 0. The molecule has 0 spiro atoms. The Bertz CT molecular complexity index is 731. The Balaban J connectivity index is 1.45. The van der Waals surface area contributed by atoms with E-state index in [1.165, 1.54) is 36.8 Å². The minimum atomic E-state index is 0.764. The second kappa shape index (κ2) is 9.80. The van der Waals surface area contributed by atoms with Gasteiger partial charge in [0.25, 0.3) is 0 Å². The van der Waals surface area contributed by atoms with Crippen molar-refractivity contribution in [2.24, 2.45) is 4.99 Å². The van der Waals surface area contributed by atoms with Crippen LogP contribution in [0, 0.1) is 0 Å². The van der Waals surface area contributed by atoms with Gasteiger partial charge in [-0.1, -0.05) is 35.9 Å². The highest BCUT2D eigenvalue weighted by Crippen LogP contribution is 2.19. The average molecular weight is 351 g/mol. The van der Waals surface area contributed by atoms with Gasteiger partial charge in [-0.05, 0) is 43.2 Å². The second-order valence-electron chi connectivity index (χ2n) is 6.77. The molecule has 26 heavy (non-hydrogen) atoms. The Morgan fingerprint density at radius 1 is 1.23 bits per heavy atom. The fraction of sp³-hybridized carbons (Fsp3) is 0.429. The van der Waals surface area contributed by atoms with Crippen LogP contribution in [0.5, 0.6) is 0 Å². The van der Waals surface area contributed by atoms with Crippen LogP contribution in [0.15, 0.2) is 59.6 Å². The Kier molecular flexibility index (Phi) is 6.88. The molecule has 5 heteroatoms. The number of nitrogens with one attached hydrogen (secondary N) is 2. The zero-order valence-corrected chi connectivity index (χ0v) is 15.6. The smallest absolute Gasteiger partial charge is 0.191 e. The summed E-state index contributed by atoms with van der Waals surface area (Å²) in [6.45, 7) is 2.54. The van der Waals surface area contributed by atoms with Crippen molar-refractivity contribution in [1.29, 1.82) is 0 Å². The van der Waals surface area contributed by atoms with Gasteiger partial charge in [0.15, 0.2) is 5.96 Å². The predicted molar refractivity (Wildman–Crippen MR) is 107 cm³/mol. The molecule has 2 aromatic rings. The molecule has 0 saturated carbocycles. The first-order valence-corrected chi connectivity index (χ1v) is 9.49. The number of hydrogen-bond donors (Lipinski definition) is 2. The molecule has 0 amide bonds. The summed E-state index contributed by atoms with van der Waals surface area (Å²) in [5, 5.41) is 6.83. The molecule has 0 fully saturated rings. The highest BCUT2D eigenvalue weighted by Gasteiger charge is 2.04. The van der Waals surface area contributed by atoms with Crippen LogP contribution in [0.2, 0.25) is 0 Å². The predicted octanol–water partition coefficient (Wildman–Crippen LogP) is 3.49. The van der Waals surface area contributed by atoms with E-state index < -0.39 is 0 Å². The van der Waals surface area contributed by atoms with E-state index in [4.69, 9.17) is 0 Å². The van der Waals surface area contributed by atoms with E-state index in [-0.39, 0.29) is 0 Å². The Morgan fingerprint density at radius 2 is 2.15 bits per heavy atom. The van der Waals surface area contributed by atoms with Gasteiger partial charge in [-0.3, -0.25) is 4.99 Å². The van der Waals surface area contributed by atoms with Crippen LogP contribution in [-0.2, 0) is 13.1 Å². The highest BCUT2D eigenvalue weighted by atomic mass is 15.2. The lowest BCUT2D eigenvalue weighted by molar-refractivity contribution is 0.665. The lowest BCUT2D eigenvalue weighted by Gasteiger charge is -2.15. The van der Waals surface area contributed by atoms with Crippen molar-refractivity contribution in [2.45, 2.75) is 45.2 Å². The van der Waals surface area contributed by atoms with Crippen molar-refractivity contribution in [2.75, 3.05) is 13.6 Å². The fourth-order valence-corrected chi connectivity index (χ4v) is 3.31. The van der Waals surface area contributed by atoms with Crippen LogP contribution in [-0.4, -0.2) is 29.1 Å². The van der Waals surface area contributed by atoms with Gasteiger partial charge in [0.05, 0.1) is 6.33 Å². The van der Waals surface area contributed by atoms with E-state index in [1.54, 1.807) is 5.57 Å². The van der Waals surface area contributed by atoms with E-state index >= 15 is 0 Å². The second-order valence-corrected chi connectivity index (χ2v) is 6.77. The van der Waals surface area contributed by atoms with Crippen LogP contribution in [0.4, 0.5) is 0 Å². The maximum absolute atomic E-state index is 4.33. The summed E-state index contributed by atoms with van der Waals surface area (Å²) < 4.78 is 2.08. The standard InChI is InChI=1S/C21H29N5/c1-22-21(24-11-10-18-6-3-2-4-7-18)25-15-19-8-5-9-20(14-19)16-26-13-12-23-17-26/h5-6,8-9,12-14,17H,2-4,7,10-11,15-16H2,1H3,(H2,22,24,25). The summed E-state index contributed by atoms with van der Waals surface area (Å²) in [4.78, 5) is 8.43. The summed E-state index contributed by atoms with van der Waals surface area (Å²) in [7, 11) is 1.82. The van der Waals surface area contributed by atoms with E-state index in [2.05, 4.69) is 55.5 Å². The van der Waals surface area contributed by atoms with Crippen molar-refractivity contribution in [3.05, 3.63) is 65.8 Å². The quantitative estimate of drug-likeness (QED) is 0.456. The first-order chi connectivity index (χ1) is 12.8. The molecule has 1 aliphatic carbocycles. The highest BCUT2D eigenvalue weighted by molar-refractivity contribution is 5.79. The molecule has 0 saturated heterocycles. The summed E-state index contributed by atoms with van der Waals surface area (Å²) in [5.74, 6) is 0.862. The van der Waals surface area contributed by atoms with E-state index in [1.807, 2.05) is 25.8 Å². The normalized spacial score (nSPS) is 14.8. The topological polar surface area (TPSA) is 54.2 Å². The number of rotatable bonds is 7. The monoisotopic (exact) mass is 351 g/mol. The molecule has 5 nitrogen and oxygen atoms in total. The lowest BCUT2D eigenvalue weighted by atomic mass is 9.97. The molecule has 0 unspecified atom stereocenters. The molecule has 2 N–H and O–H groups in total. The number of allylic oxidation sites excluding steroid dienone is 1. The first-order valence-electron chi connectivity index (χ1n) is 9.49. The number of guanidine groups is 1. The molecule has 1 aromatic carbocycles. The van der Waals surface area contributed by atoms with Gasteiger partial charge in [0.2, 0.25) is 0 Å². The van der Waals surface area contributed by atoms with Gasteiger partial charge < -0.3 is 15.2 Å². The SMILES string of the molecule is CN=C(NCCC1=CCCCC1)NCc1cccc(Cn2ccnc2)c1. The molecule has 0 radical (unpaired) electrons. The third-order valence-corrected chi connectivity index (χ3v) is 4.72. The van der Waals surface area contributed by atoms with Gasteiger partial charge in [-0.2, -0.15) is 0 Å². The molecule has 1 heterocycles. The average Bonchev–Trinajstić information content (AvgIpc) is 3.18. The lowest BCUT2D eigenvalue weighted by Crippen LogP contribution is -2.37. The molecule has 138 valence electrons. The molecule has 0 bridgehead atoms. The molecule has 0 atom stereocenters. The Morgan fingerprint density at radius 3 is 2.92 bits per heavy atom. The van der Waals surface area contributed by atoms with Gasteiger partial charge in [-0.25, -0.2) is 4.98 Å². The maximum atomic E-state index is 4.33. The number of hydrogen-bond acceptors (Lipinski definition) is 2. The maximum Gasteiger partial charge on any atom is 0.191 e. The van der Waals surface area contributed by atoms with Crippen molar-refractivity contribution in [3.63, 3.8) is 0 Å². The zero-order valence-electron chi connectivity index (χ0n) is 15.6. The summed E-state index contributed by atoms with van der Waals surface area (Å²) in [5.41, 5.74) is 4.11. The molecular weight excluding hydrogens is 322 g/mol. The van der Waals surface area contributed by atoms with Gasteiger partial charge in [0, 0.05) is 39.1 Å². The van der Waals surface area contributed by atoms with Crippen molar-refractivity contribution in [3.8, 4) is 0 Å². The minimum absolute atomic E-state index is 0.764. The largest absolute Gasteiger partial charge is 0.356 e. The van der Waals surface area contributed by atoms with Crippen LogP contribution >= 0.6 is 0 Å².